The fourth-order valence-corrected chi connectivity index (χ4v) is 1.55. The number of nitrogens with two attached hydrogens (primary N) is 1. The third-order valence-electron chi connectivity index (χ3n) is 2.41. The average molecular weight is 213 g/mol. The maximum Gasteiger partial charge on any atom is 0.129 e. The number of aliphatic hydroxyl groups is 1. The number of hydrogen-bond acceptors (Lipinski definition) is 3. The first kappa shape index (κ1) is 11.9. The lowest BCUT2D eigenvalue weighted by molar-refractivity contribution is 0.275. The Labute approximate surface area is 88.7 Å². The largest absolute Gasteiger partial charge is 0.496 e. The van der Waals surface area contributed by atoms with Gasteiger partial charge >= 0.3 is 0 Å². The minimum absolute atomic E-state index is 0.000739. The monoisotopic (exact) mass is 213 g/mol. The minimum atomic E-state index is -0.329. The Morgan fingerprint density at radius 3 is 2.73 bits per heavy atom. The van der Waals surface area contributed by atoms with Gasteiger partial charge in [-0.15, -0.1) is 0 Å². The molecule has 0 aliphatic carbocycles. The molecular formula is C11H16FNO2. The van der Waals surface area contributed by atoms with Crippen molar-refractivity contribution in [1.29, 1.82) is 0 Å². The van der Waals surface area contributed by atoms with Crippen molar-refractivity contribution >= 4 is 0 Å². The Hall–Kier alpha value is -1.13. The van der Waals surface area contributed by atoms with Gasteiger partial charge < -0.3 is 15.6 Å². The number of benzene rings is 1. The number of rotatable bonds is 4. The highest BCUT2D eigenvalue weighted by Gasteiger charge is 2.15. The molecule has 1 aromatic rings. The zero-order valence-electron chi connectivity index (χ0n) is 8.96. The van der Waals surface area contributed by atoms with Crippen molar-refractivity contribution in [2.75, 3.05) is 13.7 Å². The molecular weight excluding hydrogens is 197 g/mol. The normalized spacial score (nSPS) is 12.6. The fraction of sp³-hybridized carbons (Fsp3) is 0.455. The van der Waals surface area contributed by atoms with Crippen molar-refractivity contribution in [3.05, 3.63) is 29.1 Å². The molecule has 1 aromatic carbocycles. The van der Waals surface area contributed by atoms with Crippen LogP contribution in [0.2, 0.25) is 0 Å². The summed E-state index contributed by atoms with van der Waals surface area (Å²) in [6.07, 6.45) is 0.432. The molecule has 3 nitrogen and oxygen atoms in total. The first-order valence-corrected chi connectivity index (χ1v) is 4.81. The van der Waals surface area contributed by atoms with Crippen LogP contribution in [-0.4, -0.2) is 18.8 Å². The summed E-state index contributed by atoms with van der Waals surface area (Å²) in [4.78, 5) is 0. The average Bonchev–Trinajstić information content (AvgIpc) is 2.22. The molecule has 1 atom stereocenters. The predicted octanol–water partition coefficient (Wildman–Crippen LogP) is 1.52. The standard InChI is InChI=1S/C11H16FNO2/c1-7-9(12)4-3-8(11(7)15-2)10(13)5-6-14/h3-4,10,14H,5-6,13H2,1-2H3. The molecule has 1 rings (SSSR count). The first-order valence-electron chi connectivity index (χ1n) is 4.81. The van der Waals surface area contributed by atoms with Crippen LogP contribution in [-0.2, 0) is 0 Å². The van der Waals surface area contributed by atoms with Gasteiger partial charge in [-0.1, -0.05) is 6.07 Å². The van der Waals surface area contributed by atoms with E-state index in [9.17, 15) is 4.39 Å². The molecule has 1 unspecified atom stereocenters. The summed E-state index contributed by atoms with van der Waals surface area (Å²) in [7, 11) is 1.48. The summed E-state index contributed by atoms with van der Waals surface area (Å²) >= 11 is 0. The maximum absolute atomic E-state index is 13.2. The molecule has 0 spiro atoms. The van der Waals surface area contributed by atoms with Gasteiger partial charge in [0.1, 0.15) is 11.6 Å². The number of methoxy groups -OCH3 is 1. The van der Waals surface area contributed by atoms with E-state index in [1.54, 1.807) is 13.0 Å². The van der Waals surface area contributed by atoms with Gasteiger partial charge in [-0.25, -0.2) is 4.39 Å². The Morgan fingerprint density at radius 1 is 1.53 bits per heavy atom. The minimum Gasteiger partial charge on any atom is -0.496 e. The number of ether oxygens (including phenoxy) is 1. The van der Waals surface area contributed by atoms with E-state index >= 15 is 0 Å². The molecule has 84 valence electrons. The van der Waals surface area contributed by atoms with Crippen LogP contribution < -0.4 is 10.5 Å². The molecule has 0 aromatic heterocycles. The molecule has 0 amide bonds. The van der Waals surface area contributed by atoms with Crippen molar-refractivity contribution in [2.45, 2.75) is 19.4 Å². The molecule has 4 heteroatoms. The second-order valence-corrected chi connectivity index (χ2v) is 3.41. The maximum atomic E-state index is 13.2. The second kappa shape index (κ2) is 5.09. The van der Waals surface area contributed by atoms with E-state index in [0.29, 0.717) is 17.7 Å². The van der Waals surface area contributed by atoms with Crippen molar-refractivity contribution < 1.29 is 14.2 Å². The summed E-state index contributed by atoms with van der Waals surface area (Å²) in [5.41, 5.74) is 7.01. The van der Waals surface area contributed by atoms with Crippen molar-refractivity contribution in [2.24, 2.45) is 5.73 Å². The fourth-order valence-electron chi connectivity index (χ4n) is 1.55. The molecule has 3 N–H and O–H groups in total. The smallest absolute Gasteiger partial charge is 0.129 e. The zero-order chi connectivity index (χ0) is 11.4. The molecule has 0 heterocycles. The Kier molecular flexibility index (Phi) is 4.05. The highest BCUT2D eigenvalue weighted by molar-refractivity contribution is 5.43. The Bertz CT molecular complexity index is 342. The highest BCUT2D eigenvalue weighted by Crippen LogP contribution is 2.30. The molecule has 0 aliphatic rings. The van der Waals surface area contributed by atoms with Gasteiger partial charge in [-0.2, -0.15) is 0 Å². The Morgan fingerprint density at radius 2 is 2.20 bits per heavy atom. The molecule has 0 saturated carbocycles. The Balaban J connectivity index is 3.12. The van der Waals surface area contributed by atoms with Crippen LogP contribution in [0.4, 0.5) is 4.39 Å². The second-order valence-electron chi connectivity index (χ2n) is 3.41. The zero-order valence-corrected chi connectivity index (χ0v) is 8.96. The van der Waals surface area contributed by atoms with Crippen LogP contribution >= 0.6 is 0 Å². The topological polar surface area (TPSA) is 55.5 Å². The summed E-state index contributed by atoms with van der Waals surface area (Å²) in [6, 6.07) is 2.63. The molecule has 0 fully saturated rings. The molecule has 0 bridgehead atoms. The third-order valence-corrected chi connectivity index (χ3v) is 2.41. The quantitative estimate of drug-likeness (QED) is 0.797. The van der Waals surface area contributed by atoms with Crippen molar-refractivity contribution in [1.82, 2.24) is 0 Å². The van der Waals surface area contributed by atoms with Crippen LogP contribution in [0, 0.1) is 12.7 Å². The summed E-state index contributed by atoms with van der Waals surface area (Å²) in [6.45, 7) is 1.64. The number of aliphatic hydroxyl groups excluding tert-OH is 1. The van der Waals surface area contributed by atoms with E-state index < -0.39 is 0 Å². The lowest BCUT2D eigenvalue weighted by Crippen LogP contribution is -2.14. The van der Waals surface area contributed by atoms with Crippen molar-refractivity contribution in [3.8, 4) is 5.75 Å². The van der Waals surface area contributed by atoms with E-state index in [1.807, 2.05) is 0 Å². The lowest BCUT2D eigenvalue weighted by Gasteiger charge is -2.16. The van der Waals surface area contributed by atoms with Gasteiger partial charge in [-0.05, 0) is 19.4 Å². The number of hydrogen-bond donors (Lipinski definition) is 2. The van der Waals surface area contributed by atoms with Crippen molar-refractivity contribution in [3.63, 3.8) is 0 Å². The molecule has 0 aliphatic heterocycles. The van der Waals surface area contributed by atoms with Gasteiger partial charge in [0, 0.05) is 23.8 Å². The van der Waals surface area contributed by atoms with Gasteiger partial charge in [0.25, 0.3) is 0 Å². The van der Waals surface area contributed by atoms with Crippen LogP contribution in [0.25, 0.3) is 0 Å². The molecule has 15 heavy (non-hydrogen) atoms. The van der Waals surface area contributed by atoms with E-state index in [0.717, 1.165) is 5.56 Å². The lowest BCUT2D eigenvalue weighted by atomic mass is 10.0. The van der Waals surface area contributed by atoms with E-state index in [1.165, 1.54) is 13.2 Å². The molecule has 0 saturated heterocycles. The van der Waals surface area contributed by atoms with Crippen LogP contribution in [0.5, 0.6) is 5.75 Å². The summed E-state index contributed by atoms with van der Waals surface area (Å²) in [5, 5.41) is 8.79. The first-order chi connectivity index (χ1) is 7.11. The van der Waals surface area contributed by atoms with Crippen LogP contribution in [0.1, 0.15) is 23.6 Å². The van der Waals surface area contributed by atoms with Crippen LogP contribution in [0.3, 0.4) is 0 Å². The van der Waals surface area contributed by atoms with Crippen LogP contribution in [0.15, 0.2) is 12.1 Å². The van der Waals surface area contributed by atoms with Gasteiger partial charge in [0.05, 0.1) is 7.11 Å². The van der Waals surface area contributed by atoms with Gasteiger partial charge in [0.2, 0.25) is 0 Å². The van der Waals surface area contributed by atoms with Gasteiger partial charge in [0.15, 0.2) is 0 Å². The highest BCUT2D eigenvalue weighted by atomic mass is 19.1. The summed E-state index contributed by atoms with van der Waals surface area (Å²) in [5.74, 6) is 0.155. The summed E-state index contributed by atoms with van der Waals surface area (Å²) < 4.78 is 18.3. The SMILES string of the molecule is COc1c(C(N)CCO)ccc(F)c1C. The predicted molar refractivity (Wildman–Crippen MR) is 56.3 cm³/mol. The van der Waals surface area contributed by atoms with Gasteiger partial charge in [-0.3, -0.25) is 0 Å². The molecule has 0 radical (unpaired) electrons. The third kappa shape index (κ3) is 2.46. The van der Waals surface area contributed by atoms with E-state index in [-0.39, 0.29) is 18.5 Å². The van der Waals surface area contributed by atoms with E-state index in [4.69, 9.17) is 15.6 Å². The van der Waals surface area contributed by atoms with E-state index in [2.05, 4.69) is 0 Å². The number of halogens is 1.